The summed E-state index contributed by atoms with van der Waals surface area (Å²) in [6.45, 7) is 4.72. The van der Waals surface area contributed by atoms with Crippen molar-refractivity contribution in [1.82, 2.24) is 19.8 Å². The average molecular weight is 643 g/mol. The van der Waals surface area contributed by atoms with Crippen LogP contribution in [0.15, 0.2) is 84.9 Å². The molecule has 2 atom stereocenters. The second-order valence-corrected chi connectivity index (χ2v) is 12.2. The molecule has 6 rings (SSSR count). The first-order valence-electron chi connectivity index (χ1n) is 16.2. The Kier molecular flexibility index (Phi) is 9.70. The maximum Gasteiger partial charge on any atom is 0.273 e. The summed E-state index contributed by atoms with van der Waals surface area (Å²) in [5.41, 5.74) is 5.43. The zero-order chi connectivity index (χ0) is 33.6. The van der Waals surface area contributed by atoms with E-state index in [9.17, 15) is 19.2 Å². The predicted molar refractivity (Wildman–Crippen MR) is 185 cm³/mol. The summed E-state index contributed by atoms with van der Waals surface area (Å²) in [7, 11) is 0. The van der Waals surface area contributed by atoms with Crippen LogP contribution in [0, 0.1) is 13.8 Å². The molecule has 2 aromatic heterocycles. The van der Waals surface area contributed by atoms with Crippen molar-refractivity contribution in [3.63, 3.8) is 0 Å². The molecule has 0 bridgehead atoms. The van der Waals surface area contributed by atoms with Crippen LogP contribution in [0.4, 0.5) is 11.4 Å². The Labute approximate surface area is 279 Å². The van der Waals surface area contributed by atoms with Crippen LogP contribution in [0.5, 0.6) is 0 Å². The first kappa shape index (κ1) is 32.3. The standard InChI is InChI=1S/C38H38N6O4/c1-25-7-3-9-31(39-25)37(47)43-23-5-11-33(43)35(45)41-29-19-15-27(16-20-29)13-14-28-17-21-30(22-18-28)42-36(46)34-12-6-24-44(34)38(48)32-10-4-8-26(2)40-32/h3-4,7-10,13-22,33-34H,5-6,11-12,23-24H2,1-2H3,(H,41,45)(H,42,46)/t33-,34-/m0/s1. The van der Waals surface area contributed by atoms with E-state index in [1.807, 2.05) is 86.7 Å². The maximum absolute atomic E-state index is 13.1. The SMILES string of the molecule is Cc1cccc(C(=O)N2CCC[C@H]2C(=O)Nc2ccc(C=Cc3ccc(NC(=O)[C@@H]4CCCN4C(=O)c4cccc(C)n4)cc3)cc2)n1. The van der Waals surface area contributed by atoms with Crippen LogP contribution in [0.3, 0.4) is 0 Å². The maximum atomic E-state index is 13.1. The molecule has 2 fully saturated rings. The van der Waals surface area contributed by atoms with E-state index in [4.69, 9.17) is 0 Å². The van der Waals surface area contributed by atoms with Crippen molar-refractivity contribution in [3.8, 4) is 0 Å². The van der Waals surface area contributed by atoms with Gasteiger partial charge >= 0.3 is 0 Å². The highest BCUT2D eigenvalue weighted by atomic mass is 16.2. The highest BCUT2D eigenvalue weighted by Gasteiger charge is 2.36. The van der Waals surface area contributed by atoms with Crippen molar-refractivity contribution >= 4 is 47.2 Å². The fourth-order valence-corrected chi connectivity index (χ4v) is 6.18. The number of carbonyl (C=O) groups is 4. The van der Waals surface area contributed by atoms with E-state index in [1.165, 1.54) is 0 Å². The van der Waals surface area contributed by atoms with E-state index in [1.54, 1.807) is 34.1 Å². The molecule has 2 aliphatic heterocycles. The zero-order valence-electron chi connectivity index (χ0n) is 27.1. The number of nitrogens with zero attached hydrogens (tertiary/aromatic N) is 4. The van der Waals surface area contributed by atoms with Gasteiger partial charge in [-0.25, -0.2) is 9.97 Å². The molecule has 2 aliphatic rings. The van der Waals surface area contributed by atoms with E-state index in [0.29, 0.717) is 48.7 Å². The van der Waals surface area contributed by atoms with Gasteiger partial charge in [0.2, 0.25) is 11.8 Å². The molecule has 0 aliphatic carbocycles. The fraction of sp³-hybridized carbons (Fsp3) is 0.263. The summed E-state index contributed by atoms with van der Waals surface area (Å²) in [5.74, 6) is -0.870. The Balaban J connectivity index is 1.01. The summed E-state index contributed by atoms with van der Waals surface area (Å²) >= 11 is 0. The van der Waals surface area contributed by atoms with E-state index in [2.05, 4.69) is 20.6 Å². The van der Waals surface area contributed by atoms with E-state index < -0.39 is 12.1 Å². The lowest BCUT2D eigenvalue weighted by atomic mass is 10.1. The molecule has 0 spiro atoms. The third kappa shape index (κ3) is 7.49. The van der Waals surface area contributed by atoms with Gasteiger partial charge in [0, 0.05) is 35.9 Å². The minimum Gasteiger partial charge on any atom is -0.325 e. The van der Waals surface area contributed by atoms with Gasteiger partial charge in [0.1, 0.15) is 23.5 Å². The minimum absolute atomic E-state index is 0.209. The monoisotopic (exact) mass is 642 g/mol. The van der Waals surface area contributed by atoms with Gasteiger partial charge in [0.05, 0.1) is 0 Å². The molecule has 0 radical (unpaired) electrons. The number of pyridine rings is 2. The summed E-state index contributed by atoms with van der Waals surface area (Å²) < 4.78 is 0. The number of carbonyl (C=O) groups excluding carboxylic acids is 4. The van der Waals surface area contributed by atoms with Crippen LogP contribution in [0.1, 0.15) is 69.2 Å². The smallest absolute Gasteiger partial charge is 0.273 e. The van der Waals surface area contributed by atoms with Crippen molar-refractivity contribution in [2.45, 2.75) is 51.6 Å². The molecule has 4 amide bonds. The van der Waals surface area contributed by atoms with Gasteiger partial charge in [-0.3, -0.25) is 19.2 Å². The van der Waals surface area contributed by atoms with Gasteiger partial charge in [-0.15, -0.1) is 0 Å². The zero-order valence-corrected chi connectivity index (χ0v) is 27.1. The summed E-state index contributed by atoms with van der Waals surface area (Å²) in [6.07, 6.45) is 6.67. The number of anilines is 2. The number of rotatable bonds is 8. The van der Waals surface area contributed by atoms with Gasteiger partial charge in [0.25, 0.3) is 11.8 Å². The number of hydrogen-bond donors (Lipinski definition) is 2. The molecular weight excluding hydrogens is 604 g/mol. The normalized spacial score (nSPS) is 17.5. The highest BCUT2D eigenvalue weighted by Crippen LogP contribution is 2.24. The molecule has 4 heterocycles. The topological polar surface area (TPSA) is 125 Å². The van der Waals surface area contributed by atoms with Gasteiger partial charge < -0.3 is 20.4 Å². The van der Waals surface area contributed by atoms with Crippen LogP contribution < -0.4 is 10.6 Å². The largest absolute Gasteiger partial charge is 0.325 e. The molecule has 10 nitrogen and oxygen atoms in total. The average Bonchev–Trinajstić information content (AvgIpc) is 3.79. The molecule has 4 aromatic rings. The molecule has 0 unspecified atom stereocenters. The fourth-order valence-electron chi connectivity index (χ4n) is 6.18. The van der Waals surface area contributed by atoms with Crippen LogP contribution in [0.25, 0.3) is 12.2 Å². The van der Waals surface area contributed by atoms with Crippen molar-refractivity contribution in [1.29, 1.82) is 0 Å². The van der Waals surface area contributed by atoms with Crippen LogP contribution in [-0.2, 0) is 9.59 Å². The first-order valence-corrected chi connectivity index (χ1v) is 16.2. The predicted octanol–water partition coefficient (Wildman–Crippen LogP) is 5.75. The van der Waals surface area contributed by atoms with Crippen LogP contribution >= 0.6 is 0 Å². The number of amides is 4. The Morgan fingerprint density at radius 1 is 0.604 bits per heavy atom. The molecular formula is C38H38N6O4. The molecule has 48 heavy (non-hydrogen) atoms. The second-order valence-electron chi connectivity index (χ2n) is 12.2. The summed E-state index contributed by atoms with van der Waals surface area (Å²) in [6, 6.07) is 24.6. The molecule has 2 aromatic carbocycles. The third-order valence-corrected chi connectivity index (χ3v) is 8.67. The first-order chi connectivity index (χ1) is 23.2. The van der Waals surface area contributed by atoms with Crippen LogP contribution in [0.2, 0.25) is 0 Å². The second kappa shape index (κ2) is 14.4. The number of nitrogens with one attached hydrogen (secondary N) is 2. The molecule has 2 N–H and O–H groups in total. The summed E-state index contributed by atoms with van der Waals surface area (Å²) in [4.78, 5) is 64.2. The number of likely N-dealkylation sites (tertiary alicyclic amines) is 2. The Hall–Kier alpha value is -5.64. The minimum atomic E-state index is -0.539. The van der Waals surface area contributed by atoms with E-state index in [0.717, 1.165) is 35.4 Å². The lowest BCUT2D eigenvalue weighted by Crippen LogP contribution is -2.43. The van der Waals surface area contributed by atoms with Gasteiger partial charge in [-0.1, -0.05) is 48.6 Å². The Bertz CT molecular complexity index is 1720. The molecule has 10 heteroatoms. The number of benzene rings is 2. The van der Waals surface area contributed by atoms with Gasteiger partial charge in [-0.05, 0) is 99.2 Å². The quantitative estimate of drug-likeness (QED) is 0.236. The number of hydrogen-bond acceptors (Lipinski definition) is 6. The van der Waals surface area contributed by atoms with Crippen LogP contribution in [-0.4, -0.2) is 68.6 Å². The van der Waals surface area contributed by atoms with E-state index in [-0.39, 0.29) is 23.6 Å². The number of aromatic nitrogens is 2. The van der Waals surface area contributed by atoms with Gasteiger partial charge in [-0.2, -0.15) is 0 Å². The van der Waals surface area contributed by atoms with Crippen molar-refractivity contribution < 1.29 is 19.2 Å². The van der Waals surface area contributed by atoms with Crippen molar-refractivity contribution in [2.75, 3.05) is 23.7 Å². The Morgan fingerprint density at radius 2 is 1.00 bits per heavy atom. The van der Waals surface area contributed by atoms with Crippen molar-refractivity contribution in [2.24, 2.45) is 0 Å². The molecule has 0 saturated carbocycles. The van der Waals surface area contributed by atoms with Gasteiger partial charge in [0.15, 0.2) is 0 Å². The highest BCUT2D eigenvalue weighted by molar-refractivity contribution is 6.02. The lowest BCUT2D eigenvalue weighted by molar-refractivity contribution is -0.120. The third-order valence-electron chi connectivity index (χ3n) is 8.67. The Morgan fingerprint density at radius 3 is 1.38 bits per heavy atom. The molecule has 2 saturated heterocycles. The molecule has 244 valence electrons. The lowest BCUT2D eigenvalue weighted by Gasteiger charge is -2.23. The van der Waals surface area contributed by atoms with E-state index >= 15 is 0 Å². The van der Waals surface area contributed by atoms with Crippen molar-refractivity contribution in [3.05, 3.63) is 119 Å². The summed E-state index contributed by atoms with van der Waals surface area (Å²) in [5, 5.41) is 5.91. The number of aryl methyl sites for hydroxylation is 2.